The minimum absolute atomic E-state index is 0.0496. The summed E-state index contributed by atoms with van der Waals surface area (Å²) in [5.41, 5.74) is 5.47. The number of nitrogens with two attached hydrogens (primary N) is 1. The molecule has 0 saturated heterocycles. The molecule has 4 N–H and O–H groups in total. The maximum Gasteiger partial charge on any atom is 0.156 e. The van der Waals surface area contributed by atoms with E-state index in [1.807, 2.05) is 6.92 Å². The van der Waals surface area contributed by atoms with E-state index in [4.69, 9.17) is 17.4 Å². The topological polar surface area (TPSA) is 70.6 Å². The van der Waals surface area contributed by atoms with Gasteiger partial charge in [0.25, 0.3) is 0 Å². The zero-order valence-corrected chi connectivity index (χ0v) is 9.18. The lowest BCUT2D eigenvalue weighted by atomic mass is 10.2. The summed E-state index contributed by atoms with van der Waals surface area (Å²) in [5, 5.41) is 14.6. The first-order valence-electron chi connectivity index (χ1n) is 4.48. The van der Waals surface area contributed by atoms with Crippen molar-refractivity contribution < 1.29 is 5.21 Å². The number of hydrogen-bond donors (Lipinski definition) is 3. The van der Waals surface area contributed by atoms with Crippen LogP contribution in [0, 0.1) is 12.3 Å². The zero-order chi connectivity index (χ0) is 10.8. The lowest BCUT2D eigenvalue weighted by molar-refractivity contribution is 0.314. The molecule has 0 rings (SSSR count). The molecule has 0 bridgehead atoms. The van der Waals surface area contributed by atoms with Gasteiger partial charge in [-0.1, -0.05) is 18.0 Å². The van der Waals surface area contributed by atoms with Gasteiger partial charge in [-0.25, -0.2) is 0 Å². The Morgan fingerprint density at radius 3 is 3.00 bits per heavy atom. The lowest BCUT2D eigenvalue weighted by Crippen LogP contribution is -2.41. The molecule has 1 unspecified atom stereocenters. The van der Waals surface area contributed by atoms with Crippen LogP contribution in [-0.2, 0) is 0 Å². The van der Waals surface area contributed by atoms with E-state index in [1.54, 1.807) is 11.8 Å². The number of thioether (sulfide) groups is 1. The summed E-state index contributed by atoms with van der Waals surface area (Å²) in [6, 6.07) is -0.0496. The Hall–Kier alpha value is -0.860. The molecule has 80 valence electrons. The highest BCUT2D eigenvalue weighted by atomic mass is 32.2. The van der Waals surface area contributed by atoms with Crippen LogP contribution in [0.15, 0.2) is 5.16 Å². The van der Waals surface area contributed by atoms with Crippen LogP contribution in [0.3, 0.4) is 0 Å². The van der Waals surface area contributed by atoms with E-state index in [-0.39, 0.29) is 11.9 Å². The van der Waals surface area contributed by atoms with Gasteiger partial charge in [0, 0.05) is 12.3 Å². The summed E-state index contributed by atoms with van der Waals surface area (Å²) in [6.45, 7) is 2.78. The first-order chi connectivity index (χ1) is 6.76. The smallest absolute Gasteiger partial charge is 0.156 e. The van der Waals surface area contributed by atoms with E-state index < -0.39 is 0 Å². The SMILES string of the molecule is C#CCSCCNC(CC)C(N)=NO. The second-order valence-electron chi connectivity index (χ2n) is 2.70. The number of nitrogens with zero attached hydrogens (tertiary/aromatic N) is 1. The molecule has 5 heteroatoms. The molecular formula is C9H17N3OS. The van der Waals surface area contributed by atoms with Crippen molar-refractivity contribution in [2.75, 3.05) is 18.1 Å². The van der Waals surface area contributed by atoms with Crippen LogP contribution in [0.2, 0.25) is 0 Å². The summed E-state index contributed by atoms with van der Waals surface area (Å²) >= 11 is 1.68. The van der Waals surface area contributed by atoms with Gasteiger partial charge < -0.3 is 16.3 Å². The molecule has 0 aliphatic rings. The molecule has 0 aromatic heterocycles. The van der Waals surface area contributed by atoms with Gasteiger partial charge in [-0.05, 0) is 6.42 Å². The van der Waals surface area contributed by atoms with Crippen LogP contribution >= 0.6 is 11.8 Å². The predicted octanol–water partition coefficient (Wildman–Crippen LogP) is 0.467. The highest BCUT2D eigenvalue weighted by molar-refractivity contribution is 7.99. The van der Waals surface area contributed by atoms with Gasteiger partial charge in [-0.3, -0.25) is 0 Å². The van der Waals surface area contributed by atoms with Crippen LogP contribution < -0.4 is 11.1 Å². The van der Waals surface area contributed by atoms with E-state index in [0.717, 1.165) is 24.5 Å². The molecule has 0 amide bonds. The Balaban J connectivity index is 3.59. The molecule has 0 radical (unpaired) electrons. The summed E-state index contributed by atoms with van der Waals surface area (Å²) in [4.78, 5) is 0. The Kier molecular flexibility index (Phi) is 8.19. The van der Waals surface area contributed by atoms with Crippen molar-refractivity contribution in [3.8, 4) is 12.3 Å². The quantitative estimate of drug-likeness (QED) is 0.144. The van der Waals surface area contributed by atoms with Gasteiger partial charge in [0.1, 0.15) is 0 Å². The molecule has 0 fully saturated rings. The largest absolute Gasteiger partial charge is 0.409 e. The maximum atomic E-state index is 8.47. The van der Waals surface area contributed by atoms with Crippen LogP contribution in [0.25, 0.3) is 0 Å². The number of oxime groups is 1. The molecule has 0 saturated carbocycles. The fourth-order valence-electron chi connectivity index (χ4n) is 0.964. The van der Waals surface area contributed by atoms with Gasteiger partial charge in [0.2, 0.25) is 0 Å². The summed E-state index contributed by atoms with van der Waals surface area (Å²) in [5.74, 6) is 4.44. The highest BCUT2D eigenvalue weighted by Crippen LogP contribution is 1.97. The average molecular weight is 215 g/mol. The normalized spacial score (nSPS) is 13.6. The Morgan fingerprint density at radius 1 is 1.79 bits per heavy atom. The molecule has 0 aromatic carbocycles. The van der Waals surface area contributed by atoms with Gasteiger partial charge in [0.05, 0.1) is 11.8 Å². The van der Waals surface area contributed by atoms with Crippen molar-refractivity contribution in [1.82, 2.24) is 5.32 Å². The second-order valence-corrected chi connectivity index (χ2v) is 3.80. The molecular weight excluding hydrogens is 198 g/mol. The van der Waals surface area contributed by atoms with E-state index in [2.05, 4.69) is 16.4 Å². The number of rotatable bonds is 7. The highest BCUT2D eigenvalue weighted by Gasteiger charge is 2.09. The lowest BCUT2D eigenvalue weighted by Gasteiger charge is -2.14. The van der Waals surface area contributed by atoms with Crippen molar-refractivity contribution in [3.05, 3.63) is 0 Å². The van der Waals surface area contributed by atoms with Crippen molar-refractivity contribution in [1.29, 1.82) is 0 Å². The standard InChI is InChI=1S/C9H17N3OS/c1-3-6-14-7-5-11-8(4-2)9(10)12-13/h1,8,11,13H,4-7H2,2H3,(H2,10,12). The molecule has 0 heterocycles. The van der Waals surface area contributed by atoms with E-state index >= 15 is 0 Å². The van der Waals surface area contributed by atoms with E-state index in [0.29, 0.717) is 0 Å². The Bertz CT molecular complexity index is 213. The molecule has 14 heavy (non-hydrogen) atoms. The Morgan fingerprint density at radius 2 is 2.50 bits per heavy atom. The third-order valence-electron chi connectivity index (χ3n) is 1.70. The van der Waals surface area contributed by atoms with E-state index in [9.17, 15) is 0 Å². The van der Waals surface area contributed by atoms with Crippen molar-refractivity contribution in [3.63, 3.8) is 0 Å². The fourth-order valence-corrected chi connectivity index (χ4v) is 1.49. The minimum Gasteiger partial charge on any atom is -0.409 e. The zero-order valence-electron chi connectivity index (χ0n) is 8.36. The molecule has 1 atom stereocenters. The van der Waals surface area contributed by atoms with Crippen LogP contribution in [0.5, 0.6) is 0 Å². The first kappa shape index (κ1) is 13.1. The van der Waals surface area contributed by atoms with Gasteiger partial charge in [0.15, 0.2) is 5.84 Å². The first-order valence-corrected chi connectivity index (χ1v) is 5.63. The molecule has 0 aliphatic carbocycles. The number of nitrogens with one attached hydrogen (secondary N) is 1. The van der Waals surface area contributed by atoms with Crippen LogP contribution in [0.1, 0.15) is 13.3 Å². The minimum atomic E-state index is -0.0496. The monoisotopic (exact) mass is 215 g/mol. The van der Waals surface area contributed by atoms with Crippen molar-refractivity contribution in [2.24, 2.45) is 10.9 Å². The third kappa shape index (κ3) is 5.73. The third-order valence-corrected chi connectivity index (χ3v) is 2.57. The molecule has 0 aliphatic heterocycles. The molecule has 4 nitrogen and oxygen atoms in total. The number of hydrogen-bond acceptors (Lipinski definition) is 4. The number of amidine groups is 1. The molecule has 0 spiro atoms. The van der Waals surface area contributed by atoms with Crippen molar-refractivity contribution in [2.45, 2.75) is 19.4 Å². The summed E-state index contributed by atoms with van der Waals surface area (Å²) < 4.78 is 0. The predicted molar refractivity (Wildman–Crippen MR) is 61.6 cm³/mol. The Labute approximate surface area is 89.3 Å². The van der Waals surface area contributed by atoms with Gasteiger partial charge in [-0.15, -0.1) is 18.2 Å². The van der Waals surface area contributed by atoms with Crippen LogP contribution in [-0.4, -0.2) is 35.1 Å². The number of terminal acetylenes is 1. The van der Waals surface area contributed by atoms with Gasteiger partial charge in [-0.2, -0.15) is 0 Å². The summed E-state index contributed by atoms with van der Waals surface area (Å²) in [6.07, 6.45) is 5.90. The van der Waals surface area contributed by atoms with Gasteiger partial charge >= 0.3 is 0 Å². The maximum absolute atomic E-state index is 8.47. The second kappa shape index (κ2) is 8.73. The summed E-state index contributed by atoms with van der Waals surface area (Å²) in [7, 11) is 0. The molecule has 0 aromatic rings. The van der Waals surface area contributed by atoms with E-state index in [1.165, 1.54) is 0 Å². The van der Waals surface area contributed by atoms with Crippen LogP contribution in [0.4, 0.5) is 0 Å². The van der Waals surface area contributed by atoms with Crippen molar-refractivity contribution >= 4 is 17.6 Å². The fraction of sp³-hybridized carbons (Fsp3) is 0.667. The average Bonchev–Trinajstić information content (AvgIpc) is 2.22.